The summed E-state index contributed by atoms with van der Waals surface area (Å²) >= 11 is 0. The molecule has 0 aliphatic carbocycles. The zero-order chi connectivity index (χ0) is 23.8. The average molecular weight is 453 g/mol. The number of rotatable bonds is 8. The fourth-order valence-corrected chi connectivity index (χ4v) is 2.96. The van der Waals surface area contributed by atoms with E-state index in [1.54, 1.807) is 36.4 Å². The maximum Gasteiger partial charge on any atom is 0.373 e. The summed E-state index contributed by atoms with van der Waals surface area (Å²) in [7, 11) is 1.08. The Kier molecular flexibility index (Phi) is 7.75. The van der Waals surface area contributed by atoms with Crippen LogP contribution in [0.4, 0.5) is 14.5 Å². The molecule has 0 saturated carbocycles. The number of aliphatic hydroxyl groups excluding tert-OH is 1. The molecule has 0 bridgehead atoms. The third kappa shape index (κ3) is 6.39. The molecule has 0 fully saturated rings. The molecule has 6 nitrogen and oxygen atoms in total. The number of carbonyl (C=O) groups is 2. The van der Waals surface area contributed by atoms with Crippen LogP contribution in [0.3, 0.4) is 0 Å². The highest BCUT2D eigenvalue weighted by molar-refractivity contribution is 6.06. The molecular formula is C25H21F2NO5. The summed E-state index contributed by atoms with van der Waals surface area (Å²) in [5, 5.41) is 9.86. The second kappa shape index (κ2) is 10.9. The Labute approximate surface area is 189 Å². The van der Waals surface area contributed by atoms with Crippen LogP contribution in [-0.2, 0) is 27.5 Å². The first kappa shape index (κ1) is 23.5. The molecule has 0 aromatic heterocycles. The van der Waals surface area contributed by atoms with E-state index in [9.17, 15) is 23.5 Å². The first-order valence-electron chi connectivity index (χ1n) is 9.88. The van der Waals surface area contributed by atoms with E-state index in [-0.39, 0.29) is 19.0 Å². The van der Waals surface area contributed by atoms with Gasteiger partial charge in [0, 0.05) is 0 Å². The van der Waals surface area contributed by atoms with Gasteiger partial charge in [0.25, 0.3) is 5.91 Å². The molecular weight excluding hydrogens is 432 g/mol. The number of carbonyl (C=O) groups excluding carboxylic acids is 2. The van der Waals surface area contributed by atoms with Crippen molar-refractivity contribution in [2.45, 2.75) is 13.2 Å². The Bertz CT molecular complexity index is 1140. The highest BCUT2D eigenvalue weighted by Gasteiger charge is 2.21. The number of aliphatic hydroxyl groups is 1. The Hall–Kier alpha value is -4.20. The number of ether oxygens (including phenoxy) is 2. The van der Waals surface area contributed by atoms with Crippen molar-refractivity contribution in [1.29, 1.82) is 0 Å². The number of esters is 1. The Morgan fingerprint density at radius 3 is 2.09 bits per heavy atom. The molecule has 0 spiro atoms. The van der Waals surface area contributed by atoms with Gasteiger partial charge in [-0.25, -0.2) is 13.6 Å². The van der Waals surface area contributed by atoms with E-state index in [0.717, 1.165) is 13.2 Å². The minimum atomic E-state index is -1.06. The van der Waals surface area contributed by atoms with Gasteiger partial charge >= 0.3 is 5.97 Å². The molecule has 0 unspecified atom stereocenters. The van der Waals surface area contributed by atoms with E-state index >= 15 is 0 Å². The topological polar surface area (TPSA) is 76.1 Å². The van der Waals surface area contributed by atoms with E-state index in [0.29, 0.717) is 22.6 Å². The molecule has 3 aromatic rings. The SMILES string of the molecule is COC(=O)C(O)=CC(=O)N(Cc1ccc(F)cc1)c1ccccc1OCc1ccc(F)cc1. The fourth-order valence-electron chi connectivity index (χ4n) is 2.96. The molecule has 0 heterocycles. The molecule has 3 rings (SSSR count). The van der Waals surface area contributed by atoms with Gasteiger partial charge in [0.1, 0.15) is 24.0 Å². The van der Waals surface area contributed by atoms with Gasteiger partial charge in [-0.05, 0) is 47.5 Å². The van der Waals surface area contributed by atoms with Crippen LogP contribution >= 0.6 is 0 Å². The Morgan fingerprint density at radius 2 is 1.48 bits per heavy atom. The monoisotopic (exact) mass is 453 g/mol. The lowest BCUT2D eigenvalue weighted by molar-refractivity contribution is -0.139. The largest absolute Gasteiger partial charge is 0.502 e. The lowest BCUT2D eigenvalue weighted by Crippen LogP contribution is -2.30. The Morgan fingerprint density at radius 1 is 0.909 bits per heavy atom. The maximum atomic E-state index is 13.3. The molecule has 3 aromatic carbocycles. The molecule has 33 heavy (non-hydrogen) atoms. The van der Waals surface area contributed by atoms with E-state index < -0.39 is 23.5 Å². The quantitative estimate of drug-likeness (QED) is 0.304. The normalized spacial score (nSPS) is 11.1. The first-order valence-corrected chi connectivity index (χ1v) is 9.88. The van der Waals surface area contributed by atoms with Crippen LogP contribution in [0.1, 0.15) is 11.1 Å². The fraction of sp³-hybridized carbons (Fsp3) is 0.120. The second-order valence-electron chi connectivity index (χ2n) is 6.95. The van der Waals surface area contributed by atoms with Crippen molar-refractivity contribution in [3.05, 3.63) is 107 Å². The van der Waals surface area contributed by atoms with Gasteiger partial charge in [-0.15, -0.1) is 0 Å². The van der Waals surface area contributed by atoms with Gasteiger partial charge in [0.15, 0.2) is 0 Å². The van der Waals surface area contributed by atoms with Crippen molar-refractivity contribution >= 4 is 17.6 Å². The minimum Gasteiger partial charge on any atom is -0.502 e. The summed E-state index contributed by atoms with van der Waals surface area (Å²) in [6.07, 6.45) is 0.742. The molecule has 1 amide bonds. The number of anilines is 1. The van der Waals surface area contributed by atoms with Crippen LogP contribution < -0.4 is 9.64 Å². The first-order chi connectivity index (χ1) is 15.9. The summed E-state index contributed by atoms with van der Waals surface area (Å²) in [4.78, 5) is 25.8. The number of hydrogen-bond acceptors (Lipinski definition) is 5. The zero-order valence-electron chi connectivity index (χ0n) is 17.7. The third-order valence-electron chi connectivity index (χ3n) is 4.64. The summed E-state index contributed by atoms with van der Waals surface area (Å²) in [5.74, 6) is -3.11. The van der Waals surface area contributed by atoms with Crippen molar-refractivity contribution in [1.82, 2.24) is 0 Å². The van der Waals surface area contributed by atoms with Crippen LogP contribution in [0, 0.1) is 11.6 Å². The number of methoxy groups -OCH3 is 1. The van der Waals surface area contributed by atoms with E-state index in [1.165, 1.54) is 41.3 Å². The molecule has 0 saturated heterocycles. The van der Waals surface area contributed by atoms with Crippen LogP contribution in [0.5, 0.6) is 5.75 Å². The summed E-state index contributed by atoms with van der Waals surface area (Å²) < 4.78 is 36.8. The van der Waals surface area contributed by atoms with Crippen LogP contribution in [0.25, 0.3) is 0 Å². The standard InChI is InChI=1S/C25H21F2NO5/c1-32-25(31)22(29)14-24(30)28(15-17-6-10-19(26)11-7-17)21-4-2-3-5-23(21)33-16-18-8-12-20(27)13-9-18/h2-14,29H,15-16H2,1H3. The van der Waals surface area contributed by atoms with Crippen LogP contribution in [-0.4, -0.2) is 24.1 Å². The van der Waals surface area contributed by atoms with Gasteiger partial charge in [-0.2, -0.15) is 0 Å². The van der Waals surface area contributed by atoms with Gasteiger partial charge in [0.2, 0.25) is 5.76 Å². The van der Waals surface area contributed by atoms with Gasteiger partial charge in [-0.1, -0.05) is 36.4 Å². The molecule has 8 heteroatoms. The maximum absolute atomic E-state index is 13.3. The second-order valence-corrected chi connectivity index (χ2v) is 6.95. The summed E-state index contributed by atoms with van der Waals surface area (Å²) in [6, 6.07) is 18.0. The lowest BCUT2D eigenvalue weighted by atomic mass is 10.1. The average Bonchev–Trinajstić information content (AvgIpc) is 2.83. The molecule has 0 radical (unpaired) electrons. The van der Waals surface area contributed by atoms with Crippen LogP contribution in [0.2, 0.25) is 0 Å². The highest BCUT2D eigenvalue weighted by atomic mass is 19.1. The lowest BCUT2D eigenvalue weighted by Gasteiger charge is -2.24. The predicted octanol–water partition coefficient (Wildman–Crippen LogP) is 4.69. The Balaban J connectivity index is 1.93. The van der Waals surface area contributed by atoms with E-state index in [1.807, 2.05) is 0 Å². The molecule has 0 aliphatic rings. The number of amides is 1. The number of nitrogens with zero attached hydrogens (tertiary/aromatic N) is 1. The number of hydrogen-bond donors (Lipinski definition) is 1. The zero-order valence-corrected chi connectivity index (χ0v) is 17.7. The van der Waals surface area contributed by atoms with Gasteiger partial charge < -0.3 is 19.5 Å². The van der Waals surface area contributed by atoms with Crippen molar-refractivity contribution in [3.8, 4) is 5.75 Å². The van der Waals surface area contributed by atoms with Crippen LogP contribution in [0.15, 0.2) is 84.6 Å². The predicted molar refractivity (Wildman–Crippen MR) is 117 cm³/mol. The van der Waals surface area contributed by atoms with E-state index in [2.05, 4.69) is 4.74 Å². The smallest absolute Gasteiger partial charge is 0.373 e. The summed E-state index contributed by atoms with van der Waals surface area (Å²) in [6.45, 7) is 0.111. The van der Waals surface area contributed by atoms with Crippen molar-refractivity contribution < 1.29 is 33.0 Å². The molecule has 1 N–H and O–H groups in total. The van der Waals surface area contributed by atoms with Crippen molar-refractivity contribution in [2.75, 3.05) is 12.0 Å². The summed E-state index contributed by atoms with van der Waals surface area (Å²) in [5.41, 5.74) is 1.66. The number of halogens is 2. The molecule has 170 valence electrons. The highest BCUT2D eigenvalue weighted by Crippen LogP contribution is 2.30. The minimum absolute atomic E-state index is 0.000980. The molecule has 0 aliphatic heterocycles. The van der Waals surface area contributed by atoms with Crippen molar-refractivity contribution in [2.24, 2.45) is 0 Å². The van der Waals surface area contributed by atoms with Gasteiger partial charge in [-0.3, -0.25) is 4.79 Å². The number of benzene rings is 3. The van der Waals surface area contributed by atoms with Gasteiger partial charge in [0.05, 0.1) is 25.4 Å². The number of para-hydroxylation sites is 2. The van der Waals surface area contributed by atoms with E-state index in [4.69, 9.17) is 4.74 Å². The molecule has 0 atom stereocenters. The van der Waals surface area contributed by atoms with Crippen molar-refractivity contribution in [3.63, 3.8) is 0 Å². The third-order valence-corrected chi connectivity index (χ3v) is 4.64.